The van der Waals surface area contributed by atoms with Crippen LogP contribution in [0.5, 0.6) is 0 Å². The molecule has 0 radical (unpaired) electrons. The molecular weight excluding hydrogens is 150 g/mol. The fraction of sp³-hybridized carbons (Fsp3) is 0.857. The highest BCUT2D eigenvalue weighted by molar-refractivity contribution is 5.85. The van der Waals surface area contributed by atoms with E-state index in [2.05, 4.69) is 6.92 Å². The van der Waals surface area contributed by atoms with Gasteiger partial charge in [-0.2, -0.15) is 0 Å². The molecule has 0 aliphatic heterocycles. The minimum Gasteiger partial charge on any atom is -0.322 e. The van der Waals surface area contributed by atoms with Crippen LogP contribution in [0.2, 0.25) is 0 Å². The lowest BCUT2D eigenvalue weighted by Crippen LogP contribution is -2.26. The second kappa shape index (κ2) is 7.03. The highest BCUT2D eigenvalue weighted by atomic mass is 35.5. The Morgan fingerprint density at radius 3 is 2.40 bits per heavy atom. The topological polar surface area (TPSA) is 43.1 Å². The lowest BCUT2D eigenvalue weighted by atomic mass is 10.1. The summed E-state index contributed by atoms with van der Waals surface area (Å²) in [7, 11) is 0. The first-order chi connectivity index (χ1) is 4.18. The smallest absolute Gasteiger partial charge is 0.149 e. The molecule has 3 heteroatoms. The molecule has 0 aromatic heterocycles. The normalized spacial score (nSPS) is 11.9. The van der Waals surface area contributed by atoms with Crippen LogP contribution in [-0.4, -0.2) is 11.8 Å². The van der Waals surface area contributed by atoms with Crippen LogP contribution in [0.3, 0.4) is 0 Å². The van der Waals surface area contributed by atoms with E-state index in [0.29, 0.717) is 6.42 Å². The first-order valence-corrected chi connectivity index (χ1v) is 3.46. The Balaban J connectivity index is 0. The van der Waals surface area contributed by atoms with E-state index in [0.717, 1.165) is 12.8 Å². The number of hydrogen-bond donors (Lipinski definition) is 1. The Labute approximate surface area is 68.6 Å². The van der Waals surface area contributed by atoms with Gasteiger partial charge in [0.2, 0.25) is 0 Å². The molecule has 0 heterocycles. The van der Waals surface area contributed by atoms with Gasteiger partial charge in [0.05, 0.1) is 6.04 Å². The van der Waals surface area contributed by atoms with Gasteiger partial charge in [-0.25, -0.2) is 0 Å². The van der Waals surface area contributed by atoms with Crippen molar-refractivity contribution in [2.75, 3.05) is 0 Å². The number of Topliss-reactive ketones (excluding diaryl/α,β-unsaturated/α-hetero) is 1. The van der Waals surface area contributed by atoms with Gasteiger partial charge in [-0.05, 0) is 13.3 Å². The molecule has 0 unspecified atom stereocenters. The van der Waals surface area contributed by atoms with Crippen LogP contribution in [0, 0.1) is 0 Å². The fourth-order valence-corrected chi connectivity index (χ4v) is 0.579. The van der Waals surface area contributed by atoms with E-state index in [-0.39, 0.29) is 24.2 Å². The summed E-state index contributed by atoms with van der Waals surface area (Å²) in [6.45, 7) is 3.80. The zero-order valence-corrected chi connectivity index (χ0v) is 7.41. The van der Waals surface area contributed by atoms with Crippen LogP contribution in [0.1, 0.15) is 33.1 Å². The highest BCUT2D eigenvalue weighted by Gasteiger charge is 2.04. The monoisotopic (exact) mass is 165 g/mol. The Bertz CT molecular complexity index is 93.6. The number of ketones is 1. The van der Waals surface area contributed by atoms with Crippen molar-refractivity contribution in [3.05, 3.63) is 0 Å². The molecule has 0 amide bonds. The van der Waals surface area contributed by atoms with Crippen LogP contribution in [0.25, 0.3) is 0 Å². The van der Waals surface area contributed by atoms with Crippen molar-refractivity contribution < 1.29 is 4.79 Å². The third-order valence-electron chi connectivity index (χ3n) is 1.28. The predicted molar refractivity (Wildman–Crippen MR) is 45.4 cm³/mol. The van der Waals surface area contributed by atoms with Crippen LogP contribution >= 0.6 is 12.4 Å². The second-order valence-electron chi connectivity index (χ2n) is 2.36. The number of unbranched alkanes of at least 4 members (excludes halogenated alkanes) is 1. The van der Waals surface area contributed by atoms with Crippen molar-refractivity contribution in [2.45, 2.75) is 39.2 Å². The summed E-state index contributed by atoms with van der Waals surface area (Å²) in [4.78, 5) is 10.8. The lowest BCUT2D eigenvalue weighted by Gasteiger charge is -2.00. The molecule has 0 saturated carbocycles. The quantitative estimate of drug-likeness (QED) is 0.687. The molecule has 0 aromatic carbocycles. The molecule has 0 saturated heterocycles. The van der Waals surface area contributed by atoms with Gasteiger partial charge >= 0.3 is 0 Å². The van der Waals surface area contributed by atoms with E-state index in [1.807, 2.05) is 0 Å². The number of hydrogen-bond acceptors (Lipinski definition) is 2. The number of nitrogens with two attached hydrogens (primary N) is 1. The standard InChI is InChI=1S/C7H15NO.ClH/c1-3-4-5-7(9)6(2)8;/h6H,3-5,8H2,1-2H3;1H/t6-;/m0./s1. The largest absolute Gasteiger partial charge is 0.322 e. The van der Waals surface area contributed by atoms with Gasteiger partial charge in [0.25, 0.3) is 0 Å². The van der Waals surface area contributed by atoms with Gasteiger partial charge in [-0.3, -0.25) is 4.79 Å². The van der Waals surface area contributed by atoms with Crippen LogP contribution in [-0.2, 0) is 4.79 Å². The van der Waals surface area contributed by atoms with Crippen molar-refractivity contribution in [1.29, 1.82) is 0 Å². The van der Waals surface area contributed by atoms with Gasteiger partial charge in [0.1, 0.15) is 5.78 Å². The van der Waals surface area contributed by atoms with E-state index in [9.17, 15) is 4.79 Å². The second-order valence-corrected chi connectivity index (χ2v) is 2.36. The molecule has 1 atom stereocenters. The van der Waals surface area contributed by atoms with E-state index in [1.54, 1.807) is 6.92 Å². The third-order valence-corrected chi connectivity index (χ3v) is 1.28. The molecule has 62 valence electrons. The molecule has 10 heavy (non-hydrogen) atoms. The first-order valence-electron chi connectivity index (χ1n) is 3.46. The van der Waals surface area contributed by atoms with Crippen LogP contribution in [0.4, 0.5) is 0 Å². The summed E-state index contributed by atoms with van der Waals surface area (Å²) >= 11 is 0. The Morgan fingerprint density at radius 2 is 2.10 bits per heavy atom. The Hall–Kier alpha value is -0.0800. The average molecular weight is 166 g/mol. The van der Waals surface area contributed by atoms with Crippen molar-refractivity contribution in [3.63, 3.8) is 0 Å². The van der Waals surface area contributed by atoms with E-state index >= 15 is 0 Å². The summed E-state index contributed by atoms with van der Waals surface area (Å²) in [5.74, 6) is 0.178. The van der Waals surface area contributed by atoms with E-state index in [1.165, 1.54) is 0 Å². The number of rotatable bonds is 4. The first kappa shape index (κ1) is 12.6. The summed E-state index contributed by atoms with van der Waals surface area (Å²) in [5, 5.41) is 0. The van der Waals surface area contributed by atoms with E-state index < -0.39 is 0 Å². The lowest BCUT2D eigenvalue weighted by molar-refractivity contribution is -0.120. The fourth-order valence-electron chi connectivity index (χ4n) is 0.579. The number of carbonyl (C=O) groups is 1. The minimum atomic E-state index is -0.267. The summed E-state index contributed by atoms with van der Waals surface area (Å²) in [6.07, 6.45) is 2.69. The summed E-state index contributed by atoms with van der Waals surface area (Å²) < 4.78 is 0. The summed E-state index contributed by atoms with van der Waals surface area (Å²) in [6, 6.07) is -0.267. The van der Waals surface area contributed by atoms with Gasteiger partial charge in [0, 0.05) is 6.42 Å². The molecule has 0 aliphatic carbocycles. The Kier molecular flexibility index (Phi) is 8.85. The zero-order valence-electron chi connectivity index (χ0n) is 6.59. The molecule has 0 spiro atoms. The molecule has 0 rings (SSSR count). The predicted octanol–water partition coefficient (Wildman–Crippen LogP) is 1.51. The molecule has 0 aliphatic rings. The molecule has 0 bridgehead atoms. The highest BCUT2D eigenvalue weighted by Crippen LogP contribution is 1.96. The average Bonchev–Trinajstić information content (AvgIpc) is 1.82. The van der Waals surface area contributed by atoms with E-state index in [4.69, 9.17) is 5.73 Å². The molecule has 2 nitrogen and oxygen atoms in total. The van der Waals surface area contributed by atoms with Gasteiger partial charge in [-0.15, -0.1) is 12.4 Å². The van der Waals surface area contributed by atoms with Crippen molar-refractivity contribution >= 4 is 18.2 Å². The number of carbonyl (C=O) groups excluding carboxylic acids is 1. The minimum absolute atomic E-state index is 0. The molecular formula is C7H16ClNO. The third kappa shape index (κ3) is 6.05. The molecule has 2 N–H and O–H groups in total. The van der Waals surface area contributed by atoms with Crippen molar-refractivity contribution in [3.8, 4) is 0 Å². The maximum Gasteiger partial charge on any atom is 0.149 e. The van der Waals surface area contributed by atoms with Gasteiger partial charge in [0.15, 0.2) is 0 Å². The van der Waals surface area contributed by atoms with Crippen LogP contribution < -0.4 is 5.73 Å². The van der Waals surface area contributed by atoms with Crippen molar-refractivity contribution in [1.82, 2.24) is 0 Å². The van der Waals surface area contributed by atoms with Gasteiger partial charge in [-0.1, -0.05) is 13.3 Å². The SMILES string of the molecule is CCCCC(=O)[C@H](C)N.Cl. The maximum atomic E-state index is 10.8. The summed E-state index contributed by atoms with van der Waals surface area (Å²) in [5.41, 5.74) is 5.33. The maximum absolute atomic E-state index is 10.8. The number of halogens is 1. The molecule has 0 fully saturated rings. The molecule has 0 aromatic rings. The van der Waals surface area contributed by atoms with Crippen molar-refractivity contribution in [2.24, 2.45) is 5.73 Å². The van der Waals surface area contributed by atoms with Crippen LogP contribution in [0.15, 0.2) is 0 Å². The zero-order chi connectivity index (χ0) is 7.28. The van der Waals surface area contributed by atoms with Gasteiger partial charge < -0.3 is 5.73 Å². The Morgan fingerprint density at radius 1 is 1.60 bits per heavy atom.